The van der Waals surface area contributed by atoms with Crippen molar-refractivity contribution in [3.63, 3.8) is 0 Å². The molecule has 0 fully saturated rings. The molecule has 78 heavy (non-hydrogen) atoms. The summed E-state index contributed by atoms with van der Waals surface area (Å²) in [5.41, 5.74) is 0. The van der Waals surface area contributed by atoms with Gasteiger partial charge in [-0.1, -0.05) is 284 Å². The van der Waals surface area contributed by atoms with E-state index in [1.165, 1.54) is 167 Å². The van der Waals surface area contributed by atoms with Crippen LogP contribution >= 0.6 is 7.82 Å². The van der Waals surface area contributed by atoms with Gasteiger partial charge in [-0.25, -0.2) is 4.57 Å². The summed E-state index contributed by atoms with van der Waals surface area (Å²) in [5, 5.41) is 14.0. The number of nitrogens with one attached hydrogen (secondary N) is 1. The second kappa shape index (κ2) is 58.8. The molecule has 1 amide bonds. The van der Waals surface area contributed by atoms with E-state index in [0.29, 0.717) is 17.4 Å². The van der Waals surface area contributed by atoms with Crippen molar-refractivity contribution in [1.82, 2.24) is 5.32 Å². The number of likely N-dealkylation sites (N-methyl/N-ethyl adjacent to an activating group) is 1. The second-order valence-electron chi connectivity index (χ2n) is 22.7. The van der Waals surface area contributed by atoms with Crippen LogP contribution in [-0.4, -0.2) is 73.4 Å². The summed E-state index contributed by atoms with van der Waals surface area (Å²) in [6, 6.07) is -0.873. The molecule has 0 aromatic heterocycles. The first kappa shape index (κ1) is 75.2. The maximum absolute atomic E-state index is 13.0. The number of nitrogens with zero attached hydrogens (tertiary/aromatic N) is 1. The number of carbonyl (C=O) groups excluding carboxylic acids is 1. The lowest BCUT2D eigenvalue weighted by Gasteiger charge is -2.25. The highest BCUT2D eigenvalue weighted by Gasteiger charge is 2.27. The molecule has 8 nitrogen and oxygen atoms in total. The van der Waals surface area contributed by atoms with Gasteiger partial charge in [-0.15, -0.1) is 0 Å². The maximum Gasteiger partial charge on any atom is 0.472 e. The molecule has 0 aromatic rings. The first-order valence-electron chi connectivity index (χ1n) is 32.3. The SMILES string of the molecule is CC/C=C\C/C=C\C/C=C\C/C=C\C/C=C\C/C=C\C/C=C\CCCCCCCCCCCCCC(=O)NC(COP(=O)(O)OCC[N+](C)(C)C)C(O)/C=C/CC/C=C/CCCCCCCCCCCCCCCCCCC. The van der Waals surface area contributed by atoms with E-state index in [-0.39, 0.29) is 19.1 Å². The minimum atomic E-state index is -4.37. The standard InChI is InChI=1S/C69H123N2O6P/c1-6-8-10-12-14-16-18-20-22-24-26-28-30-31-32-33-34-35-36-37-38-39-41-43-45-47-49-51-53-55-57-59-61-63-69(73)70-67(66-77-78(74,75)76-65-64-71(3,4)5)68(72)62-60-58-56-54-52-50-48-46-44-42-40-29-27-25-23-21-19-17-15-13-11-9-7-2/h8,10,14,16,20,22,26,28,31-32,34-35,37-38,52,54,60,62,67-68,72H,6-7,9,11-13,15,17-19,21,23-25,27,29-30,33,36,39-51,53,55-59,61,63-66H2,1-5H3,(H-,70,73,74,75)/p+1/b10-8-,16-14-,22-20-,28-26-,32-31-,35-34-,38-37-,54-52+,62-60+. The van der Waals surface area contributed by atoms with Gasteiger partial charge < -0.3 is 19.8 Å². The van der Waals surface area contributed by atoms with E-state index in [0.717, 1.165) is 83.5 Å². The molecular weight excluding hydrogens is 984 g/mol. The number of hydrogen-bond donors (Lipinski definition) is 3. The van der Waals surface area contributed by atoms with Gasteiger partial charge >= 0.3 is 7.82 Å². The molecule has 0 heterocycles. The summed E-state index contributed by atoms with van der Waals surface area (Å²) in [5.74, 6) is -0.192. The Kier molecular flexibility index (Phi) is 56.7. The highest BCUT2D eigenvalue weighted by Crippen LogP contribution is 2.43. The van der Waals surface area contributed by atoms with E-state index in [1.54, 1.807) is 6.08 Å². The van der Waals surface area contributed by atoms with Crippen LogP contribution in [0.1, 0.15) is 271 Å². The lowest BCUT2D eigenvalue weighted by molar-refractivity contribution is -0.870. The summed E-state index contributed by atoms with van der Waals surface area (Å²) in [6.45, 7) is 4.69. The smallest absolute Gasteiger partial charge is 0.387 e. The van der Waals surface area contributed by atoms with Gasteiger partial charge in [-0.3, -0.25) is 13.8 Å². The first-order chi connectivity index (χ1) is 38.0. The lowest BCUT2D eigenvalue weighted by atomic mass is 10.0. The lowest BCUT2D eigenvalue weighted by Crippen LogP contribution is -2.45. The molecule has 0 aliphatic carbocycles. The summed E-state index contributed by atoms with van der Waals surface area (Å²) >= 11 is 0. The van der Waals surface area contributed by atoms with Crippen LogP contribution in [0.15, 0.2) is 109 Å². The largest absolute Gasteiger partial charge is 0.472 e. The Morgan fingerprint density at radius 3 is 1.18 bits per heavy atom. The number of unbranched alkanes of at least 4 members (excludes halogenated alkanes) is 29. The Labute approximate surface area is 482 Å². The number of hydrogen-bond acceptors (Lipinski definition) is 5. The average molecular weight is 1110 g/mol. The molecule has 3 N–H and O–H groups in total. The normalized spacial score (nSPS) is 14.5. The van der Waals surface area contributed by atoms with Crippen molar-refractivity contribution in [1.29, 1.82) is 0 Å². The third kappa shape index (κ3) is 60.8. The van der Waals surface area contributed by atoms with Gasteiger partial charge in [0.2, 0.25) is 5.91 Å². The van der Waals surface area contributed by atoms with Gasteiger partial charge in [-0.2, -0.15) is 0 Å². The Balaban J connectivity index is 4.19. The van der Waals surface area contributed by atoms with Gasteiger partial charge in [0, 0.05) is 6.42 Å². The van der Waals surface area contributed by atoms with Crippen LogP contribution in [-0.2, 0) is 18.4 Å². The number of aliphatic hydroxyl groups is 1. The number of phosphoric acid groups is 1. The quantitative estimate of drug-likeness (QED) is 0.0243. The zero-order valence-corrected chi connectivity index (χ0v) is 52.3. The zero-order chi connectivity index (χ0) is 57.0. The monoisotopic (exact) mass is 1110 g/mol. The van der Waals surface area contributed by atoms with Crippen molar-refractivity contribution in [2.45, 2.75) is 283 Å². The number of amides is 1. The van der Waals surface area contributed by atoms with Crippen LogP contribution < -0.4 is 5.32 Å². The van der Waals surface area contributed by atoms with Crippen molar-refractivity contribution >= 4 is 13.7 Å². The molecule has 0 aromatic carbocycles. The number of rotatable bonds is 58. The molecule has 0 aliphatic rings. The Morgan fingerprint density at radius 2 is 0.782 bits per heavy atom. The fraction of sp³-hybridized carbons (Fsp3) is 0.725. The van der Waals surface area contributed by atoms with E-state index in [2.05, 4.69) is 116 Å². The van der Waals surface area contributed by atoms with Gasteiger partial charge in [0.15, 0.2) is 0 Å². The highest BCUT2D eigenvalue weighted by atomic mass is 31.2. The van der Waals surface area contributed by atoms with E-state index in [9.17, 15) is 19.4 Å². The minimum absolute atomic E-state index is 0.0511. The number of quaternary nitrogens is 1. The molecule has 0 spiro atoms. The number of aliphatic hydroxyl groups excluding tert-OH is 1. The summed E-state index contributed by atoms with van der Waals surface area (Å²) in [7, 11) is 1.55. The van der Waals surface area contributed by atoms with Crippen LogP contribution in [0.3, 0.4) is 0 Å². The second-order valence-corrected chi connectivity index (χ2v) is 24.2. The molecule has 0 bridgehead atoms. The van der Waals surface area contributed by atoms with E-state index in [4.69, 9.17) is 9.05 Å². The third-order valence-electron chi connectivity index (χ3n) is 14.0. The molecule has 0 aliphatic heterocycles. The third-order valence-corrected chi connectivity index (χ3v) is 15.0. The summed E-state index contributed by atoms with van der Waals surface area (Å²) in [6.07, 6.45) is 86.4. The minimum Gasteiger partial charge on any atom is -0.387 e. The van der Waals surface area contributed by atoms with Crippen molar-refractivity contribution in [3.8, 4) is 0 Å². The number of phosphoric ester groups is 1. The van der Waals surface area contributed by atoms with Gasteiger partial charge in [0.05, 0.1) is 39.9 Å². The van der Waals surface area contributed by atoms with Crippen molar-refractivity contribution in [2.75, 3.05) is 40.9 Å². The Bertz CT molecular complexity index is 1640. The number of allylic oxidation sites excluding steroid dienone is 17. The predicted molar refractivity (Wildman–Crippen MR) is 341 cm³/mol. The molecule has 3 atom stereocenters. The van der Waals surface area contributed by atoms with E-state index < -0.39 is 20.0 Å². The fourth-order valence-electron chi connectivity index (χ4n) is 8.98. The van der Waals surface area contributed by atoms with Crippen LogP contribution in [0.25, 0.3) is 0 Å². The van der Waals surface area contributed by atoms with Gasteiger partial charge in [-0.05, 0) is 89.9 Å². The molecule has 0 saturated carbocycles. The van der Waals surface area contributed by atoms with E-state index >= 15 is 0 Å². The molecule has 0 rings (SSSR count). The first-order valence-corrected chi connectivity index (χ1v) is 33.8. The molecule has 450 valence electrons. The molecule has 3 unspecified atom stereocenters. The maximum atomic E-state index is 13.0. The van der Waals surface area contributed by atoms with E-state index in [1.807, 2.05) is 27.2 Å². The van der Waals surface area contributed by atoms with Crippen LogP contribution in [0.4, 0.5) is 0 Å². The highest BCUT2D eigenvalue weighted by molar-refractivity contribution is 7.47. The van der Waals surface area contributed by atoms with Crippen molar-refractivity contribution in [2.24, 2.45) is 0 Å². The average Bonchev–Trinajstić information content (AvgIpc) is 3.41. The summed E-state index contributed by atoms with van der Waals surface area (Å²) in [4.78, 5) is 23.4. The summed E-state index contributed by atoms with van der Waals surface area (Å²) < 4.78 is 23.8. The molecular formula is C69H124N2O6P+. The topological polar surface area (TPSA) is 105 Å². The van der Waals surface area contributed by atoms with Crippen LogP contribution in [0.5, 0.6) is 0 Å². The fourth-order valence-corrected chi connectivity index (χ4v) is 9.72. The zero-order valence-electron chi connectivity index (χ0n) is 51.4. The number of carbonyl (C=O) groups is 1. The van der Waals surface area contributed by atoms with Crippen molar-refractivity contribution < 1.29 is 32.9 Å². The molecule has 0 radical (unpaired) electrons. The Hall–Kier alpha value is -2.84. The van der Waals surface area contributed by atoms with Crippen LogP contribution in [0.2, 0.25) is 0 Å². The van der Waals surface area contributed by atoms with Crippen LogP contribution in [0, 0.1) is 0 Å². The Morgan fingerprint density at radius 1 is 0.449 bits per heavy atom. The van der Waals surface area contributed by atoms with Gasteiger partial charge in [0.1, 0.15) is 13.2 Å². The van der Waals surface area contributed by atoms with Gasteiger partial charge in [0.25, 0.3) is 0 Å². The molecule has 0 saturated heterocycles. The van der Waals surface area contributed by atoms with Crippen molar-refractivity contribution in [3.05, 3.63) is 109 Å². The predicted octanol–water partition coefficient (Wildman–Crippen LogP) is 20.3. The molecule has 9 heteroatoms.